The van der Waals surface area contributed by atoms with Crippen LogP contribution in [0.2, 0.25) is 0 Å². The lowest BCUT2D eigenvalue weighted by atomic mass is 10.1. The molecule has 0 unspecified atom stereocenters. The molecule has 1 aromatic rings. The topological polar surface area (TPSA) is 49.3 Å². The van der Waals surface area contributed by atoms with Crippen LogP contribution in [0.5, 0.6) is 0 Å². The van der Waals surface area contributed by atoms with Gasteiger partial charge in [0.25, 0.3) is 5.91 Å². The molecule has 0 radical (unpaired) electrons. The van der Waals surface area contributed by atoms with Crippen molar-refractivity contribution in [3.63, 3.8) is 0 Å². The van der Waals surface area contributed by atoms with E-state index >= 15 is 0 Å². The van der Waals surface area contributed by atoms with E-state index in [2.05, 4.69) is 5.32 Å². The van der Waals surface area contributed by atoms with Crippen LogP contribution in [0.15, 0.2) is 30.3 Å². The third kappa shape index (κ3) is 2.85. The Morgan fingerprint density at radius 3 is 2.64 bits per heavy atom. The zero-order valence-electron chi connectivity index (χ0n) is 8.23. The number of carbonyl (C=O) groups is 1. The van der Waals surface area contributed by atoms with Crippen LogP contribution < -0.4 is 5.32 Å². The van der Waals surface area contributed by atoms with Crippen LogP contribution in [0, 0.1) is 0 Å². The molecule has 0 aliphatic heterocycles. The Kier molecular flexibility index (Phi) is 4.13. The van der Waals surface area contributed by atoms with E-state index in [9.17, 15) is 9.90 Å². The Hall–Kier alpha value is -1.35. The summed E-state index contributed by atoms with van der Waals surface area (Å²) in [6.45, 7) is 2.57. The van der Waals surface area contributed by atoms with Gasteiger partial charge in [0, 0.05) is 6.54 Å². The molecule has 0 aliphatic carbocycles. The third-order valence-corrected chi connectivity index (χ3v) is 1.91. The van der Waals surface area contributed by atoms with Crippen molar-refractivity contribution in [2.45, 2.75) is 19.4 Å². The van der Waals surface area contributed by atoms with Gasteiger partial charge >= 0.3 is 0 Å². The smallest absolute Gasteiger partial charge is 0.253 e. The predicted octanol–water partition coefficient (Wildman–Crippen LogP) is 1.25. The van der Waals surface area contributed by atoms with Crippen molar-refractivity contribution in [1.29, 1.82) is 0 Å². The maximum atomic E-state index is 11.3. The normalized spacial score (nSPS) is 12.1. The number of rotatable bonds is 4. The molecule has 2 N–H and O–H groups in total. The zero-order valence-corrected chi connectivity index (χ0v) is 8.23. The molecule has 1 amide bonds. The van der Waals surface area contributed by atoms with Crippen LogP contribution in [0.25, 0.3) is 0 Å². The minimum atomic E-state index is -1.05. The molecule has 76 valence electrons. The van der Waals surface area contributed by atoms with Crippen LogP contribution in [-0.4, -0.2) is 17.6 Å². The zero-order chi connectivity index (χ0) is 10.4. The Morgan fingerprint density at radius 2 is 2.07 bits per heavy atom. The van der Waals surface area contributed by atoms with E-state index in [1.54, 1.807) is 24.3 Å². The molecule has 1 rings (SSSR count). The van der Waals surface area contributed by atoms with E-state index in [0.717, 1.165) is 6.42 Å². The van der Waals surface area contributed by atoms with Crippen LogP contribution >= 0.6 is 0 Å². The van der Waals surface area contributed by atoms with Crippen molar-refractivity contribution in [2.24, 2.45) is 0 Å². The van der Waals surface area contributed by atoms with Crippen LogP contribution in [-0.2, 0) is 4.79 Å². The maximum Gasteiger partial charge on any atom is 0.253 e. The molecule has 1 aromatic carbocycles. The monoisotopic (exact) mass is 193 g/mol. The number of hydrogen-bond acceptors (Lipinski definition) is 2. The second-order valence-corrected chi connectivity index (χ2v) is 3.10. The van der Waals surface area contributed by atoms with Crippen molar-refractivity contribution in [3.8, 4) is 0 Å². The first kappa shape index (κ1) is 10.7. The molecule has 0 heterocycles. The fourth-order valence-electron chi connectivity index (χ4n) is 1.13. The maximum absolute atomic E-state index is 11.3. The first-order valence-electron chi connectivity index (χ1n) is 4.76. The molecule has 0 saturated carbocycles. The summed E-state index contributed by atoms with van der Waals surface area (Å²) in [6, 6.07) is 8.91. The summed E-state index contributed by atoms with van der Waals surface area (Å²) in [5.74, 6) is -0.335. The minimum Gasteiger partial charge on any atom is -0.378 e. The molecule has 0 bridgehead atoms. The first-order chi connectivity index (χ1) is 6.75. The average Bonchev–Trinajstić information content (AvgIpc) is 2.26. The summed E-state index contributed by atoms with van der Waals surface area (Å²) < 4.78 is 0. The summed E-state index contributed by atoms with van der Waals surface area (Å²) in [5.41, 5.74) is 0.626. The van der Waals surface area contributed by atoms with Gasteiger partial charge in [-0.2, -0.15) is 0 Å². The van der Waals surface area contributed by atoms with Gasteiger partial charge in [0.1, 0.15) is 0 Å². The molecule has 0 fully saturated rings. The number of benzene rings is 1. The molecule has 0 spiro atoms. The Balaban J connectivity index is 2.57. The SMILES string of the molecule is CCCNC(=O)[C@@H](O)c1ccccc1. The summed E-state index contributed by atoms with van der Waals surface area (Å²) in [7, 11) is 0. The number of aliphatic hydroxyl groups is 1. The van der Waals surface area contributed by atoms with Gasteiger partial charge in [-0.1, -0.05) is 37.3 Å². The molecule has 3 nitrogen and oxygen atoms in total. The molecule has 1 atom stereocenters. The fraction of sp³-hybridized carbons (Fsp3) is 0.364. The molecular formula is C11H15NO2. The Bertz CT molecular complexity index is 285. The highest BCUT2D eigenvalue weighted by atomic mass is 16.3. The summed E-state index contributed by atoms with van der Waals surface area (Å²) in [6.07, 6.45) is -0.185. The summed E-state index contributed by atoms with van der Waals surface area (Å²) >= 11 is 0. The van der Waals surface area contributed by atoms with Gasteiger partial charge in [-0.3, -0.25) is 4.79 Å². The predicted molar refractivity (Wildman–Crippen MR) is 54.7 cm³/mol. The molecule has 0 aliphatic rings. The van der Waals surface area contributed by atoms with Crippen molar-refractivity contribution in [1.82, 2.24) is 5.32 Å². The first-order valence-corrected chi connectivity index (χ1v) is 4.76. The minimum absolute atomic E-state index is 0.335. The number of amides is 1. The number of hydrogen-bond donors (Lipinski definition) is 2. The van der Waals surface area contributed by atoms with Crippen molar-refractivity contribution >= 4 is 5.91 Å². The van der Waals surface area contributed by atoms with E-state index in [0.29, 0.717) is 12.1 Å². The highest BCUT2D eigenvalue weighted by Gasteiger charge is 2.15. The van der Waals surface area contributed by atoms with E-state index in [-0.39, 0.29) is 5.91 Å². The van der Waals surface area contributed by atoms with E-state index in [1.165, 1.54) is 0 Å². The second kappa shape index (κ2) is 5.40. The van der Waals surface area contributed by atoms with E-state index in [1.807, 2.05) is 13.0 Å². The fourth-order valence-corrected chi connectivity index (χ4v) is 1.13. The standard InChI is InChI=1S/C11H15NO2/c1-2-8-12-11(14)10(13)9-6-4-3-5-7-9/h3-7,10,13H,2,8H2,1H3,(H,12,14)/t10-/m0/s1. The van der Waals surface area contributed by atoms with Gasteiger partial charge in [0.2, 0.25) is 0 Å². The Labute approximate surface area is 83.8 Å². The van der Waals surface area contributed by atoms with E-state index in [4.69, 9.17) is 0 Å². The molecule has 0 saturated heterocycles. The summed E-state index contributed by atoms with van der Waals surface area (Å²) in [4.78, 5) is 11.3. The lowest BCUT2D eigenvalue weighted by molar-refractivity contribution is -0.129. The summed E-state index contributed by atoms with van der Waals surface area (Å²) in [5, 5.41) is 12.2. The highest BCUT2D eigenvalue weighted by molar-refractivity contribution is 5.81. The second-order valence-electron chi connectivity index (χ2n) is 3.10. The van der Waals surface area contributed by atoms with Crippen LogP contribution in [0.4, 0.5) is 0 Å². The van der Waals surface area contributed by atoms with Gasteiger partial charge < -0.3 is 10.4 Å². The van der Waals surface area contributed by atoms with Crippen molar-refractivity contribution in [2.75, 3.05) is 6.54 Å². The van der Waals surface area contributed by atoms with Gasteiger partial charge in [-0.05, 0) is 12.0 Å². The number of carbonyl (C=O) groups excluding carboxylic acids is 1. The van der Waals surface area contributed by atoms with E-state index < -0.39 is 6.10 Å². The van der Waals surface area contributed by atoms with Gasteiger partial charge in [-0.15, -0.1) is 0 Å². The number of aliphatic hydroxyl groups excluding tert-OH is 1. The highest BCUT2D eigenvalue weighted by Crippen LogP contribution is 2.11. The van der Waals surface area contributed by atoms with Crippen LogP contribution in [0.1, 0.15) is 25.0 Å². The third-order valence-electron chi connectivity index (χ3n) is 1.91. The van der Waals surface area contributed by atoms with Crippen molar-refractivity contribution in [3.05, 3.63) is 35.9 Å². The van der Waals surface area contributed by atoms with Crippen LogP contribution in [0.3, 0.4) is 0 Å². The molecule has 0 aromatic heterocycles. The molecular weight excluding hydrogens is 178 g/mol. The number of nitrogens with one attached hydrogen (secondary N) is 1. The largest absolute Gasteiger partial charge is 0.378 e. The van der Waals surface area contributed by atoms with Gasteiger partial charge in [0.15, 0.2) is 6.10 Å². The molecule has 3 heteroatoms. The lowest BCUT2D eigenvalue weighted by Crippen LogP contribution is -2.29. The van der Waals surface area contributed by atoms with Gasteiger partial charge in [0.05, 0.1) is 0 Å². The van der Waals surface area contributed by atoms with Crippen molar-refractivity contribution < 1.29 is 9.90 Å². The molecule has 14 heavy (non-hydrogen) atoms. The Morgan fingerprint density at radius 1 is 1.43 bits per heavy atom. The average molecular weight is 193 g/mol. The lowest BCUT2D eigenvalue weighted by Gasteiger charge is -2.10. The van der Waals surface area contributed by atoms with Gasteiger partial charge in [-0.25, -0.2) is 0 Å². The quantitative estimate of drug-likeness (QED) is 0.756.